The normalized spacial score (nSPS) is 16.2. The maximum atomic E-state index is 13.4. The lowest BCUT2D eigenvalue weighted by Crippen LogP contribution is -2.50. The first-order chi connectivity index (χ1) is 15.8. The largest absolute Gasteiger partial charge is 0.451 e. The van der Waals surface area contributed by atoms with Gasteiger partial charge < -0.3 is 10.1 Å². The number of rotatable bonds is 8. The Kier molecular flexibility index (Phi) is 8.86. The van der Waals surface area contributed by atoms with E-state index in [1.54, 1.807) is 56.1 Å². The van der Waals surface area contributed by atoms with Crippen molar-refractivity contribution >= 4 is 45.9 Å². The van der Waals surface area contributed by atoms with Gasteiger partial charge in [0.25, 0.3) is 11.8 Å². The SMILES string of the molecule is CC(OC(=O)[C@@H](NC(=O)c1ccccc1Cl)C(C)C)C(=O)N(c1nccs1)C1CCCCC1. The number of amides is 2. The summed E-state index contributed by atoms with van der Waals surface area (Å²) in [6, 6.07) is 5.73. The summed E-state index contributed by atoms with van der Waals surface area (Å²) in [5.74, 6) is -1.68. The van der Waals surface area contributed by atoms with Gasteiger partial charge in [-0.3, -0.25) is 14.5 Å². The fraction of sp³-hybridized carbons (Fsp3) is 0.500. The van der Waals surface area contributed by atoms with Crippen molar-refractivity contribution in [1.29, 1.82) is 0 Å². The first-order valence-electron chi connectivity index (χ1n) is 11.3. The number of nitrogens with zero attached hydrogens (tertiary/aromatic N) is 2. The Labute approximate surface area is 203 Å². The Bertz CT molecular complexity index is 960. The second-order valence-corrected chi connectivity index (χ2v) is 9.85. The van der Waals surface area contributed by atoms with Crippen molar-refractivity contribution < 1.29 is 19.1 Å². The summed E-state index contributed by atoms with van der Waals surface area (Å²) < 4.78 is 5.57. The van der Waals surface area contributed by atoms with Gasteiger partial charge in [0.1, 0.15) is 6.04 Å². The van der Waals surface area contributed by atoms with Crippen LogP contribution in [0.2, 0.25) is 5.02 Å². The molecule has 0 bridgehead atoms. The van der Waals surface area contributed by atoms with Gasteiger partial charge in [-0.15, -0.1) is 11.3 Å². The topological polar surface area (TPSA) is 88.6 Å². The van der Waals surface area contributed by atoms with Gasteiger partial charge in [-0.1, -0.05) is 56.8 Å². The zero-order valence-electron chi connectivity index (χ0n) is 19.1. The molecule has 1 heterocycles. The highest BCUT2D eigenvalue weighted by Gasteiger charge is 2.35. The lowest BCUT2D eigenvalue weighted by molar-refractivity contribution is -0.157. The third-order valence-electron chi connectivity index (χ3n) is 5.77. The molecule has 2 atom stereocenters. The number of nitrogens with one attached hydrogen (secondary N) is 1. The zero-order valence-corrected chi connectivity index (χ0v) is 20.7. The highest BCUT2D eigenvalue weighted by atomic mass is 35.5. The Morgan fingerprint density at radius 3 is 2.45 bits per heavy atom. The predicted molar refractivity (Wildman–Crippen MR) is 130 cm³/mol. The summed E-state index contributed by atoms with van der Waals surface area (Å²) >= 11 is 7.50. The lowest BCUT2D eigenvalue weighted by Gasteiger charge is -2.34. The minimum atomic E-state index is -1.01. The number of esters is 1. The molecule has 1 aromatic carbocycles. The quantitative estimate of drug-likeness (QED) is 0.533. The van der Waals surface area contributed by atoms with Crippen LogP contribution in [-0.4, -0.2) is 41.0 Å². The molecule has 0 spiro atoms. The molecule has 3 rings (SSSR count). The molecule has 1 aliphatic carbocycles. The van der Waals surface area contributed by atoms with Crippen LogP contribution < -0.4 is 10.2 Å². The molecule has 0 aliphatic heterocycles. The summed E-state index contributed by atoms with van der Waals surface area (Å²) in [4.78, 5) is 45.1. The Balaban J connectivity index is 1.71. The third kappa shape index (κ3) is 6.32. The lowest BCUT2D eigenvalue weighted by atomic mass is 9.94. The van der Waals surface area contributed by atoms with Crippen LogP contribution in [0.25, 0.3) is 0 Å². The number of carbonyl (C=O) groups is 3. The van der Waals surface area contributed by atoms with Crippen LogP contribution >= 0.6 is 22.9 Å². The molecular formula is C24H30ClN3O4S. The van der Waals surface area contributed by atoms with E-state index in [0.717, 1.165) is 32.1 Å². The van der Waals surface area contributed by atoms with E-state index < -0.39 is 24.0 Å². The van der Waals surface area contributed by atoms with Gasteiger partial charge >= 0.3 is 5.97 Å². The van der Waals surface area contributed by atoms with Crippen molar-refractivity contribution in [3.63, 3.8) is 0 Å². The Morgan fingerprint density at radius 1 is 1.15 bits per heavy atom. The molecule has 178 valence electrons. The second-order valence-electron chi connectivity index (χ2n) is 8.57. The summed E-state index contributed by atoms with van der Waals surface area (Å²) in [5, 5.41) is 5.44. The highest BCUT2D eigenvalue weighted by molar-refractivity contribution is 7.13. The number of aromatic nitrogens is 1. The molecule has 1 unspecified atom stereocenters. The van der Waals surface area contributed by atoms with Crippen molar-refractivity contribution in [3.05, 3.63) is 46.4 Å². The number of carbonyl (C=O) groups excluding carboxylic acids is 3. The monoisotopic (exact) mass is 491 g/mol. The van der Waals surface area contributed by atoms with E-state index in [1.807, 2.05) is 5.38 Å². The van der Waals surface area contributed by atoms with Gasteiger partial charge in [-0.05, 0) is 37.8 Å². The molecule has 1 N–H and O–H groups in total. The van der Waals surface area contributed by atoms with Crippen molar-refractivity contribution in [2.75, 3.05) is 4.90 Å². The number of benzene rings is 1. The number of hydrogen-bond donors (Lipinski definition) is 1. The molecular weight excluding hydrogens is 462 g/mol. The second kappa shape index (κ2) is 11.6. The van der Waals surface area contributed by atoms with Crippen molar-refractivity contribution in [2.45, 2.75) is 71.1 Å². The average Bonchev–Trinajstić information content (AvgIpc) is 3.32. The minimum absolute atomic E-state index is 0.0411. The van der Waals surface area contributed by atoms with E-state index in [4.69, 9.17) is 16.3 Å². The summed E-state index contributed by atoms with van der Waals surface area (Å²) in [5.41, 5.74) is 0.272. The van der Waals surface area contributed by atoms with Crippen molar-refractivity contribution in [3.8, 4) is 0 Å². The van der Waals surface area contributed by atoms with E-state index in [1.165, 1.54) is 11.3 Å². The van der Waals surface area contributed by atoms with Crippen LogP contribution in [0.1, 0.15) is 63.2 Å². The van der Waals surface area contributed by atoms with E-state index in [0.29, 0.717) is 10.2 Å². The van der Waals surface area contributed by atoms with E-state index in [-0.39, 0.29) is 23.4 Å². The van der Waals surface area contributed by atoms with Crippen LogP contribution in [0.5, 0.6) is 0 Å². The Hall–Kier alpha value is -2.45. The maximum Gasteiger partial charge on any atom is 0.329 e. The number of anilines is 1. The van der Waals surface area contributed by atoms with E-state index >= 15 is 0 Å². The molecule has 2 aromatic rings. The van der Waals surface area contributed by atoms with Crippen molar-refractivity contribution in [2.24, 2.45) is 5.92 Å². The first-order valence-corrected chi connectivity index (χ1v) is 12.5. The van der Waals surface area contributed by atoms with E-state index in [2.05, 4.69) is 10.3 Å². The molecule has 1 aromatic heterocycles. The summed E-state index contributed by atoms with van der Waals surface area (Å²) in [6.07, 6.45) is 5.71. The Morgan fingerprint density at radius 2 is 1.85 bits per heavy atom. The van der Waals surface area contributed by atoms with Gasteiger partial charge in [-0.25, -0.2) is 9.78 Å². The van der Waals surface area contributed by atoms with Gasteiger partial charge in [0.2, 0.25) is 0 Å². The summed E-state index contributed by atoms with van der Waals surface area (Å²) in [6.45, 7) is 5.17. The van der Waals surface area contributed by atoms with Gasteiger partial charge in [0.05, 0.1) is 10.6 Å². The van der Waals surface area contributed by atoms with Crippen molar-refractivity contribution in [1.82, 2.24) is 10.3 Å². The number of halogens is 1. The van der Waals surface area contributed by atoms with Gasteiger partial charge in [-0.2, -0.15) is 0 Å². The average molecular weight is 492 g/mol. The number of hydrogen-bond acceptors (Lipinski definition) is 6. The van der Waals surface area contributed by atoms with Crippen LogP contribution in [0.3, 0.4) is 0 Å². The molecule has 1 aliphatic rings. The smallest absolute Gasteiger partial charge is 0.329 e. The molecule has 1 fully saturated rings. The minimum Gasteiger partial charge on any atom is -0.451 e. The van der Waals surface area contributed by atoms with Crippen LogP contribution in [-0.2, 0) is 14.3 Å². The number of ether oxygens (including phenoxy) is 1. The molecule has 0 saturated heterocycles. The van der Waals surface area contributed by atoms with Crippen LogP contribution in [0.4, 0.5) is 5.13 Å². The number of thiazole rings is 1. The fourth-order valence-corrected chi connectivity index (χ4v) is 4.90. The zero-order chi connectivity index (χ0) is 24.0. The maximum absolute atomic E-state index is 13.4. The third-order valence-corrected chi connectivity index (χ3v) is 6.87. The van der Waals surface area contributed by atoms with Gasteiger partial charge in [0.15, 0.2) is 11.2 Å². The molecule has 9 heteroatoms. The molecule has 2 amide bonds. The standard InChI is InChI=1S/C24H30ClN3O4S/c1-15(2)20(27-21(29)18-11-7-8-12-19(18)25)23(31)32-16(3)22(30)28(24-26-13-14-33-24)17-9-5-4-6-10-17/h7-8,11-17,20H,4-6,9-10H2,1-3H3,(H,27,29)/t16?,20-/m0/s1. The molecule has 0 radical (unpaired) electrons. The molecule has 1 saturated carbocycles. The van der Waals surface area contributed by atoms with E-state index in [9.17, 15) is 14.4 Å². The fourth-order valence-electron chi connectivity index (χ4n) is 3.96. The first kappa shape index (κ1) is 25.2. The van der Waals surface area contributed by atoms with Gasteiger partial charge in [0, 0.05) is 17.6 Å². The molecule has 33 heavy (non-hydrogen) atoms. The summed E-state index contributed by atoms with van der Waals surface area (Å²) in [7, 11) is 0. The van der Waals surface area contributed by atoms with Crippen LogP contribution in [0, 0.1) is 5.92 Å². The molecule has 7 nitrogen and oxygen atoms in total. The predicted octanol–water partition coefficient (Wildman–Crippen LogP) is 4.85. The highest BCUT2D eigenvalue weighted by Crippen LogP contribution is 2.29. The van der Waals surface area contributed by atoms with Crippen LogP contribution in [0.15, 0.2) is 35.8 Å².